The van der Waals surface area contributed by atoms with Gasteiger partial charge in [0.2, 0.25) is 0 Å². The van der Waals surface area contributed by atoms with Crippen LogP contribution in [0.25, 0.3) is 21.3 Å². The van der Waals surface area contributed by atoms with E-state index in [1.54, 1.807) is 23.7 Å². The second kappa shape index (κ2) is 6.69. The van der Waals surface area contributed by atoms with Gasteiger partial charge < -0.3 is 4.57 Å². The molecule has 5 rings (SSSR count). The van der Waals surface area contributed by atoms with Crippen LogP contribution in [-0.2, 0) is 20.0 Å². The van der Waals surface area contributed by atoms with E-state index in [-0.39, 0.29) is 5.56 Å². The smallest absolute Gasteiger partial charge is 0.291 e. The van der Waals surface area contributed by atoms with E-state index < -0.39 is 0 Å². The fourth-order valence-electron chi connectivity index (χ4n) is 3.43. The van der Waals surface area contributed by atoms with Crippen molar-refractivity contribution in [3.63, 3.8) is 0 Å². The summed E-state index contributed by atoms with van der Waals surface area (Å²) in [4.78, 5) is 22.2. The number of hydrogen-bond donors (Lipinski definition) is 0. The van der Waals surface area contributed by atoms with Gasteiger partial charge in [-0.15, -0.1) is 11.3 Å². The largest absolute Gasteiger partial charge is 0.323 e. The van der Waals surface area contributed by atoms with Crippen LogP contribution in [0.4, 0.5) is 0 Å². The van der Waals surface area contributed by atoms with Gasteiger partial charge in [-0.25, -0.2) is 9.67 Å². The molecule has 0 radical (unpaired) electrons. The zero-order valence-electron chi connectivity index (χ0n) is 15.2. The molecule has 0 aliphatic heterocycles. The monoisotopic (exact) mass is 387 g/mol. The average molecular weight is 387 g/mol. The van der Waals surface area contributed by atoms with Crippen molar-refractivity contribution in [2.24, 2.45) is 7.05 Å². The molecule has 0 saturated carbocycles. The van der Waals surface area contributed by atoms with Gasteiger partial charge in [0.05, 0.1) is 17.4 Å². The van der Waals surface area contributed by atoms with Crippen LogP contribution in [0.15, 0.2) is 65.7 Å². The molecule has 5 aromatic rings. The Labute approximate surface area is 164 Å². The Balaban J connectivity index is 1.58. The quantitative estimate of drug-likeness (QED) is 0.474. The molecule has 0 N–H and O–H groups in total. The molecular formula is C21H17N5OS. The van der Waals surface area contributed by atoms with Crippen LogP contribution >= 0.6 is 11.3 Å². The summed E-state index contributed by atoms with van der Waals surface area (Å²) in [6, 6.07) is 15.7. The van der Waals surface area contributed by atoms with Crippen LogP contribution in [0.2, 0.25) is 0 Å². The minimum atomic E-state index is -0.0969. The van der Waals surface area contributed by atoms with E-state index >= 15 is 0 Å². The third-order valence-electron chi connectivity index (χ3n) is 4.80. The maximum absolute atomic E-state index is 13.0. The van der Waals surface area contributed by atoms with Gasteiger partial charge in [-0.05, 0) is 17.7 Å². The number of benzene rings is 1. The minimum absolute atomic E-state index is 0.0969. The van der Waals surface area contributed by atoms with Gasteiger partial charge in [-0.3, -0.25) is 9.78 Å². The number of hydrogen-bond acceptors (Lipinski definition) is 5. The number of fused-ring (bicyclic) bond motifs is 3. The van der Waals surface area contributed by atoms with Crippen molar-refractivity contribution in [2.45, 2.75) is 13.0 Å². The predicted octanol–water partition coefficient (Wildman–Crippen LogP) is 3.38. The highest BCUT2D eigenvalue weighted by Gasteiger charge is 2.18. The lowest BCUT2D eigenvalue weighted by Gasteiger charge is -2.05. The highest BCUT2D eigenvalue weighted by molar-refractivity contribution is 7.19. The van der Waals surface area contributed by atoms with Crippen LogP contribution in [0.5, 0.6) is 0 Å². The molecule has 0 saturated heterocycles. The topological polar surface area (TPSA) is 65.6 Å². The lowest BCUT2D eigenvalue weighted by molar-refractivity contribution is 0.644. The van der Waals surface area contributed by atoms with Gasteiger partial charge in [0.1, 0.15) is 10.5 Å². The van der Waals surface area contributed by atoms with Crippen LogP contribution in [0, 0.1) is 0 Å². The molecule has 1 aromatic carbocycles. The normalized spacial score (nSPS) is 11.5. The molecule has 0 unspecified atom stereocenters. The van der Waals surface area contributed by atoms with Crippen LogP contribution in [-0.4, -0.2) is 24.3 Å². The molecule has 0 bridgehead atoms. The lowest BCUT2D eigenvalue weighted by Crippen LogP contribution is -2.24. The highest BCUT2D eigenvalue weighted by atomic mass is 32.1. The summed E-state index contributed by atoms with van der Waals surface area (Å²) in [7, 11) is 1.89. The molecule has 4 heterocycles. The van der Waals surface area contributed by atoms with Crippen molar-refractivity contribution in [1.82, 2.24) is 24.3 Å². The molecule has 138 valence electrons. The fourth-order valence-corrected chi connectivity index (χ4v) is 4.56. The van der Waals surface area contributed by atoms with Crippen LogP contribution in [0.3, 0.4) is 0 Å². The van der Waals surface area contributed by atoms with E-state index in [0.29, 0.717) is 18.5 Å². The van der Waals surface area contributed by atoms with Gasteiger partial charge in [-0.1, -0.05) is 36.4 Å². The standard InChI is InChI=1S/C21H17N5OS/c1-25-18-16(12-23-26(21(18)27)13-14-7-3-2-4-8-14)19-20(25)24-17(28-19)11-15-9-5-6-10-22-15/h2-10,12H,11,13H2,1H3. The van der Waals surface area contributed by atoms with Gasteiger partial charge in [0, 0.05) is 30.7 Å². The zero-order valence-corrected chi connectivity index (χ0v) is 16.1. The highest BCUT2D eigenvalue weighted by Crippen LogP contribution is 2.31. The van der Waals surface area contributed by atoms with E-state index in [9.17, 15) is 4.79 Å². The first kappa shape index (κ1) is 16.8. The van der Waals surface area contributed by atoms with Crippen LogP contribution < -0.4 is 5.56 Å². The second-order valence-electron chi connectivity index (χ2n) is 6.67. The molecule has 0 fully saturated rings. The minimum Gasteiger partial charge on any atom is -0.323 e. The Morgan fingerprint density at radius 1 is 1.07 bits per heavy atom. The molecule has 4 aromatic heterocycles. The Kier molecular flexibility index (Phi) is 4.02. The van der Waals surface area contributed by atoms with Gasteiger partial charge in [-0.2, -0.15) is 5.10 Å². The molecule has 0 atom stereocenters. The van der Waals surface area contributed by atoms with Gasteiger partial charge in [0.25, 0.3) is 5.56 Å². The zero-order chi connectivity index (χ0) is 19.1. The summed E-state index contributed by atoms with van der Waals surface area (Å²) >= 11 is 1.60. The van der Waals surface area contributed by atoms with E-state index in [1.165, 1.54) is 4.68 Å². The number of rotatable bonds is 4. The van der Waals surface area contributed by atoms with Crippen molar-refractivity contribution in [3.05, 3.63) is 87.5 Å². The first-order chi connectivity index (χ1) is 13.7. The molecule has 0 aliphatic rings. The van der Waals surface area contributed by atoms with Crippen molar-refractivity contribution < 1.29 is 0 Å². The summed E-state index contributed by atoms with van der Waals surface area (Å²) in [5.41, 5.74) is 3.39. The van der Waals surface area contributed by atoms with Gasteiger partial charge in [0.15, 0.2) is 5.65 Å². The number of aryl methyl sites for hydroxylation is 1. The Hall–Kier alpha value is -3.32. The summed E-state index contributed by atoms with van der Waals surface area (Å²) in [6.45, 7) is 0.451. The van der Waals surface area contributed by atoms with Crippen molar-refractivity contribution in [3.8, 4) is 0 Å². The van der Waals surface area contributed by atoms with Crippen molar-refractivity contribution in [2.75, 3.05) is 0 Å². The summed E-state index contributed by atoms with van der Waals surface area (Å²) in [6.07, 6.45) is 4.25. The Morgan fingerprint density at radius 2 is 1.89 bits per heavy atom. The predicted molar refractivity (Wildman–Crippen MR) is 111 cm³/mol. The maximum atomic E-state index is 13.0. The summed E-state index contributed by atoms with van der Waals surface area (Å²) in [5, 5.41) is 6.25. The van der Waals surface area contributed by atoms with E-state index in [0.717, 1.165) is 32.0 Å². The third-order valence-corrected chi connectivity index (χ3v) is 5.88. The Morgan fingerprint density at radius 3 is 2.68 bits per heavy atom. The van der Waals surface area contributed by atoms with Crippen molar-refractivity contribution in [1.29, 1.82) is 0 Å². The van der Waals surface area contributed by atoms with E-state index in [4.69, 9.17) is 4.98 Å². The Bertz CT molecular complexity index is 1340. The first-order valence-corrected chi connectivity index (χ1v) is 9.80. The summed E-state index contributed by atoms with van der Waals surface area (Å²) in [5.74, 6) is 0. The van der Waals surface area contributed by atoms with Crippen molar-refractivity contribution >= 4 is 32.6 Å². The molecule has 28 heavy (non-hydrogen) atoms. The second-order valence-corrected chi connectivity index (χ2v) is 7.76. The number of nitrogens with zero attached hydrogens (tertiary/aromatic N) is 5. The SMILES string of the molecule is Cn1c2nc(Cc3ccccn3)sc2c2cnn(Cc3ccccc3)c(=O)c21. The molecule has 7 heteroatoms. The van der Waals surface area contributed by atoms with Crippen LogP contribution in [0.1, 0.15) is 16.3 Å². The number of pyridine rings is 1. The molecular weight excluding hydrogens is 370 g/mol. The third kappa shape index (κ3) is 2.80. The molecule has 6 nitrogen and oxygen atoms in total. The fraction of sp³-hybridized carbons (Fsp3) is 0.143. The average Bonchev–Trinajstić information content (AvgIpc) is 3.24. The molecule has 0 amide bonds. The molecule has 0 spiro atoms. The van der Waals surface area contributed by atoms with E-state index in [2.05, 4.69) is 10.1 Å². The maximum Gasteiger partial charge on any atom is 0.291 e. The number of aromatic nitrogens is 5. The lowest BCUT2D eigenvalue weighted by atomic mass is 10.2. The number of thiazole rings is 1. The first-order valence-electron chi connectivity index (χ1n) is 8.98. The van der Waals surface area contributed by atoms with E-state index in [1.807, 2.05) is 60.1 Å². The summed E-state index contributed by atoms with van der Waals surface area (Å²) < 4.78 is 4.39. The molecule has 0 aliphatic carbocycles. The van der Waals surface area contributed by atoms with Gasteiger partial charge >= 0.3 is 0 Å².